The van der Waals surface area contributed by atoms with E-state index in [9.17, 15) is 9.59 Å². The summed E-state index contributed by atoms with van der Waals surface area (Å²) >= 11 is 0. The number of carbonyl (C=O) groups excluding carboxylic acids is 2. The lowest BCUT2D eigenvalue weighted by atomic mass is 9.54. The van der Waals surface area contributed by atoms with Crippen LogP contribution in [0.4, 0.5) is 0 Å². The first-order valence-electron chi connectivity index (χ1n) is 8.97. The van der Waals surface area contributed by atoms with E-state index in [4.69, 9.17) is 9.47 Å². The van der Waals surface area contributed by atoms with Crippen LogP contribution in [0.15, 0.2) is 22.8 Å². The first kappa shape index (κ1) is 17.2. The van der Waals surface area contributed by atoms with Crippen LogP contribution in [0, 0.1) is 17.3 Å². The minimum Gasteiger partial charge on any atom is -0.459 e. The number of fused-ring (bicyclic) bond motifs is 2. The second kappa shape index (κ2) is 6.05. The van der Waals surface area contributed by atoms with Crippen LogP contribution >= 0.6 is 0 Å². The van der Waals surface area contributed by atoms with Gasteiger partial charge in [0.05, 0.1) is 0 Å². The van der Waals surface area contributed by atoms with Crippen LogP contribution in [0.1, 0.15) is 60.3 Å². The molecule has 5 atom stereocenters. The van der Waals surface area contributed by atoms with Crippen LogP contribution < -0.4 is 0 Å². The highest BCUT2D eigenvalue weighted by atomic mass is 16.6. The molecule has 3 rings (SSSR count). The van der Waals surface area contributed by atoms with Gasteiger partial charge in [0, 0.05) is 11.6 Å². The van der Waals surface area contributed by atoms with Crippen molar-refractivity contribution in [3.63, 3.8) is 0 Å². The van der Waals surface area contributed by atoms with Gasteiger partial charge in [-0.2, -0.15) is 0 Å². The van der Waals surface area contributed by atoms with Crippen molar-refractivity contribution in [3.05, 3.63) is 22.8 Å². The van der Waals surface area contributed by atoms with Gasteiger partial charge in [-0.05, 0) is 69.3 Å². The predicted molar refractivity (Wildman–Crippen MR) is 91.1 cm³/mol. The van der Waals surface area contributed by atoms with Gasteiger partial charge in [-0.25, -0.2) is 9.59 Å². The number of hydrogen-bond acceptors (Lipinski definition) is 4. The van der Waals surface area contributed by atoms with E-state index in [1.165, 1.54) is 5.57 Å². The highest BCUT2D eigenvalue weighted by Gasteiger charge is 2.53. The fraction of sp³-hybridized carbons (Fsp3) is 0.700. The van der Waals surface area contributed by atoms with E-state index < -0.39 is 0 Å². The molecule has 1 aliphatic heterocycles. The van der Waals surface area contributed by atoms with Crippen molar-refractivity contribution in [2.24, 2.45) is 17.3 Å². The lowest BCUT2D eigenvalue weighted by Crippen LogP contribution is -2.48. The van der Waals surface area contributed by atoms with Gasteiger partial charge in [0.1, 0.15) is 12.2 Å². The summed E-state index contributed by atoms with van der Waals surface area (Å²) in [6.07, 6.45) is 5.00. The zero-order valence-corrected chi connectivity index (χ0v) is 15.3. The monoisotopic (exact) mass is 332 g/mol. The van der Waals surface area contributed by atoms with Gasteiger partial charge in [0.2, 0.25) is 0 Å². The predicted octanol–water partition coefficient (Wildman–Crippen LogP) is 3.95. The molecule has 3 aliphatic rings. The van der Waals surface area contributed by atoms with Crippen molar-refractivity contribution in [2.45, 2.75) is 72.5 Å². The average molecular weight is 332 g/mol. The normalized spacial score (nSPS) is 38.1. The van der Waals surface area contributed by atoms with Crippen LogP contribution in [0.3, 0.4) is 0 Å². The molecule has 0 N–H and O–H groups in total. The molecule has 5 unspecified atom stereocenters. The molecule has 2 fully saturated rings. The number of allylic oxidation sites excluding steroid dienone is 1. The van der Waals surface area contributed by atoms with Gasteiger partial charge in [-0.15, -0.1) is 0 Å². The molecule has 0 aromatic carbocycles. The summed E-state index contributed by atoms with van der Waals surface area (Å²) in [6.45, 7) is 10.3. The Balaban J connectivity index is 1.76. The van der Waals surface area contributed by atoms with Crippen LogP contribution in [0.2, 0.25) is 0 Å². The third-order valence-electron chi connectivity index (χ3n) is 6.41. The van der Waals surface area contributed by atoms with E-state index in [2.05, 4.69) is 13.8 Å². The first-order chi connectivity index (χ1) is 11.2. The quantitative estimate of drug-likeness (QED) is 0.567. The standard InChI is InChI=1S/C20H28O4/c1-11(2)6-18(21)23-15-7-12(3)20(5)10-16-13(4)19(22)24-17(16)9-14(20)8-15/h6,12,14-15,17H,7-10H2,1-5H3. The van der Waals surface area contributed by atoms with Gasteiger partial charge < -0.3 is 9.47 Å². The van der Waals surface area contributed by atoms with Crippen molar-refractivity contribution in [3.8, 4) is 0 Å². The molecule has 1 heterocycles. The second-order valence-electron chi connectivity index (χ2n) is 8.31. The van der Waals surface area contributed by atoms with E-state index in [1.54, 1.807) is 6.08 Å². The zero-order valence-electron chi connectivity index (χ0n) is 15.3. The van der Waals surface area contributed by atoms with Crippen molar-refractivity contribution < 1.29 is 19.1 Å². The Labute approximate surface area is 144 Å². The summed E-state index contributed by atoms with van der Waals surface area (Å²) in [6, 6.07) is 0. The largest absolute Gasteiger partial charge is 0.459 e. The van der Waals surface area contributed by atoms with Crippen LogP contribution in [-0.2, 0) is 19.1 Å². The Morgan fingerprint density at radius 2 is 2.00 bits per heavy atom. The lowest BCUT2D eigenvalue weighted by Gasteiger charge is -2.52. The molecule has 24 heavy (non-hydrogen) atoms. The van der Waals surface area contributed by atoms with Crippen LogP contribution in [0.5, 0.6) is 0 Å². The second-order valence-corrected chi connectivity index (χ2v) is 8.31. The van der Waals surface area contributed by atoms with Gasteiger partial charge in [-0.3, -0.25) is 0 Å². The van der Waals surface area contributed by atoms with Gasteiger partial charge in [0.25, 0.3) is 0 Å². The molecule has 0 amide bonds. The third kappa shape index (κ3) is 2.91. The fourth-order valence-corrected chi connectivity index (χ4v) is 4.73. The lowest BCUT2D eigenvalue weighted by molar-refractivity contribution is -0.152. The topological polar surface area (TPSA) is 52.6 Å². The van der Waals surface area contributed by atoms with Crippen molar-refractivity contribution in [1.82, 2.24) is 0 Å². The summed E-state index contributed by atoms with van der Waals surface area (Å²) in [5, 5.41) is 0. The molecule has 4 nitrogen and oxygen atoms in total. The molecule has 4 heteroatoms. The van der Waals surface area contributed by atoms with Crippen LogP contribution in [-0.4, -0.2) is 24.1 Å². The summed E-state index contributed by atoms with van der Waals surface area (Å²) in [5.74, 6) is 0.461. The maximum Gasteiger partial charge on any atom is 0.334 e. The van der Waals surface area contributed by atoms with Crippen molar-refractivity contribution in [1.29, 1.82) is 0 Å². The maximum absolute atomic E-state index is 12.0. The fourth-order valence-electron chi connectivity index (χ4n) is 4.73. The SMILES string of the molecule is CC(C)=CC(=O)OC1CC(C)C2(C)CC3=C(C)C(=O)OC3CC2C1. The van der Waals surface area contributed by atoms with E-state index >= 15 is 0 Å². The molecular formula is C20H28O4. The molecule has 0 saturated heterocycles. The third-order valence-corrected chi connectivity index (χ3v) is 6.41. The first-order valence-corrected chi connectivity index (χ1v) is 8.97. The summed E-state index contributed by atoms with van der Waals surface area (Å²) < 4.78 is 11.2. The number of rotatable bonds is 2. The molecular weight excluding hydrogens is 304 g/mol. The Bertz CT molecular complexity index is 626. The molecule has 0 bridgehead atoms. The van der Waals surface area contributed by atoms with Gasteiger partial charge in [-0.1, -0.05) is 19.4 Å². The molecule has 0 aromatic rings. The molecule has 132 valence electrons. The molecule has 0 aromatic heterocycles. The Morgan fingerprint density at radius 1 is 1.29 bits per heavy atom. The molecule has 0 radical (unpaired) electrons. The van der Waals surface area contributed by atoms with Crippen molar-refractivity contribution >= 4 is 11.9 Å². The van der Waals surface area contributed by atoms with Gasteiger partial charge in [0.15, 0.2) is 0 Å². The Morgan fingerprint density at radius 3 is 2.67 bits per heavy atom. The number of hydrogen-bond donors (Lipinski definition) is 0. The highest BCUT2D eigenvalue weighted by molar-refractivity contribution is 5.91. The maximum atomic E-state index is 12.0. The summed E-state index contributed by atoms with van der Waals surface area (Å²) in [7, 11) is 0. The Kier molecular flexibility index (Phi) is 4.35. The summed E-state index contributed by atoms with van der Waals surface area (Å²) in [5.41, 5.74) is 3.12. The van der Waals surface area contributed by atoms with E-state index in [1.807, 2.05) is 20.8 Å². The van der Waals surface area contributed by atoms with Gasteiger partial charge >= 0.3 is 11.9 Å². The zero-order chi connectivity index (χ0) is 17.6. The average Bonchev–Trinajstić information content (AvgIpc) is 2.72. The van der Waals surface area contributed by atoms with Crippen molar-refractivity contribution in [2.75, 3.05) is 0 Å². The number of ether oxygens (including phenoxy) is 2. The molecule has 2 aliphatic carbocycles. The number of esters is 2. The van der Waals surface area contributed by atoms with Crippen LogP contribution in [0.25, 0.3) is 0 Å². The van der Waals surface area contributed by atoms with E-state index in [-0.39, 0.29) is 29.6 Å². The number of carbonyl (C=O) groups is 2. The minimum absolute atomic E-state index is 0.0371. The summed E-state index contributed by atoms with van der Waals surface area (Å²) in [4.78, 5) is 23.8. The Hall–Kier alpha value is -1.58. The van der Waals surface area contributed by atoms with E-state index in [0.29, 0.717) is 11.8 Å². The van der Waals surface area contributed by atoms with E-state index in [0.717, 1.165) is 36.8 Å². The minimum atomic E-state index is -0.240. The molecule has 0 spiro atoms. The highest BCUT2D eigenvalue weighted by Crippen LogP contribution is 2.57. The molecule has 2 saturated carbocycles. The smallest absolute Gasteiger partial charge is 0.334 e.